The molecule has 2 aliphatic rings. The van der Waals surface area contributed by atoms with Gasteiger partial charge in [-0.15, -0.1) is 0 Å². The number of hydrogen-bond donors (Lipinski definition) is 1. The predicted molar refractivity (Wildman–Crippen MR) is 84.8 cm³/mol. The summed E-state index contributed by atoms with van der Waals surface area (Å²) < 4.78 is 10.3. The Hall–Kier alpha value is -1.88. The number of methoxy groups -OCH3 is 1. The highest BCUT2D eigenvalue weighted by Crippen LogP contribution is 2.46. The van der Waals surface area contributed by atoms with E-state index in [0.29, 0.717) is 19.8 Å². The highest BCUT2D eigenvalue weighted by Gasteiger charge is 2.51. The predicted octanol–water partition coefficient (Wildman–Crippen LogP) is 1.88. The molecular formula is C18H23NO4. The van der Waals surface area contributed by atoms with Crippen LogP contribution in [0.3, 0.4) is 0 Å². The first-order valence-electron chi connectivity index (χ1n) is 8.15. The average Bonchev–Trinajstić information content (AvgIpc) is 3.41. The monoisotopic (exact) mass is 317 g/mol. The van der Waals surface area contributed by atoms with Crippen LogP contribution in [0.15, 0.2) is 30.3 Å². The average molecular weight is 317 g/mol. The van der Waals surface area contributed by atoms with Crippen LogP contribution in [0.4, 0.5) is 0 Å². The zero-order chi connectivity index (χ0) is 16.3. The molecule has 5 heteroatoms. The lowest BCUT2D eigenvalue weighted by Crippen LogP contribution is -2.43. The SMILES string of the molecule is COC(=O)C1(CNC(=O)[C@@H]2COCC[C@@H]2c2ccccc2)CC1. The molecule has 1 aromatic carbocycles. The Labute approximate surface area is 136 Å². The molecule has 1 aliphatic carbocycles. The molecule has 124 valence electrons. The van der Waals surface area contributed by atoms with Crippen molar-refractivity contribution in [2.45, 2.75) is 25.2 Å². The van der Waals surface area contributed by atoms with E-state index in [9.17, 15) is 9.59 Å². The summed E-state index contributed by atoms with van der Waals surface area (Å²) in [5.74, 6) is -0.302. The fourth-order valence-electron chi connectivity index (χ4n) is 3.30. The summed E-state index contributed by atoms with van der Waals surface area (Å²) in [7, 11) is 1.39. The number of nitrogens with one attached hydrogen (secondary N) is 1. The van der Waals surface area contributed by atoms with Crippen molar-refractivity contribution in [2.24, 2.45) is 11.3 Å². The largest absolute Gasteiger partial charge is 0.469 e. The van der Waals surface area contributed by atoms with Gasteiger partial charge in [-0.2, -0.15) is 0 Å². The molecule has 23 heavy (non-hydrogen) atoms. The lowest BCUT2D eigenvalue weighted by Gasteiger charge is -2.31. The van der Waals surface area contributed by atoms with Gasteiger partial charge in [0.05, 0.1) is 25.0 Å². The summed E-state index contributed by atoms with van der Waals surface area (Å²) in [6.07, 6.45) is 2.40. The summed E-state index contributed by atoms with van der Waals surface area (Å²) in [5, 5.41) is 2.95. The van der Waals surface area contributed by atoms with E-state index < -0.39 is 5.41 Å². The minimum Gasteiger partial charge on any atom is -0.469 e. The number of carbonyl (C=O) groups excluding carboxylic acids is 2. The van der Waals surface area contributed by atoms with Gasteiger partial charge in [0, 0.05) is 13.2 Å². The summed E-state index contributed by atoms with van der Waals surface area (Å²) in [6, 6.07) is 10.1. The lowest BCUT2D eigenvalue weighted by molar-refractivity contribution is -0.147. The molecule has 1 saturated carbocycles. The molecule has 0 bridgehead atoms. The van der Waals surface area contributed by atoms with E-state index in [1.807, 2.05) is 18.2 Å². The molecule has 3 rings (SSSR count). The van der Waals surface area contributed by atoms with Crippen LogP contribution in [0.5, 0.6) is 0 Å². The van der Waals surface area contributed by atoms with E-state index in [-0.39, 0.29) is 23.7 Å². The Balaban J connectivity index is 1.64. The first-order chi connectivity index (χ1) is 11.2. The third-order valence-corrected chi connectivity index (χ3v) is 4.99. The Kier molecular flexibility index (Phi) is 4.66. The highest BCUT2D eigenvalue weighted by atomic mass is 16.5. The van der Waals surface area contributed by atoms with Crippen LogP contribution in [0, 0.1) is 11.3 Å². The van der Waals surface area contributed by atoms with Crippen molar-refractivity contribution in [1.29, 1.82) is 0 Å². The quantitative estimate of drug-likeness (QED) is 0.842. The van der Waals surface area contributed by atoms with E-state index in [4.69, 9.17) is 9.47 Å². The summed E-state index contributed by atoms with van der Waals surface area (Å²) in [4.78, 5) is 24.4. The van der Waals surface area contributed by atoms with Crippen molar-refractivity contribution >= 4 is 11.9 Å². The van der Waals surface area contributed by atoms with Crippen molar-refractivity contribution < 1.29 is 19.1 Å². The molecule has 1 N–H and O–H groups in total. The van der Waals surface area contributed by atoms with Gasteiger partial charge < -0.3 is 14.8 Å². The van der Waals surface area contributed by atoms with Crippen molar-refractivity contribution in [1.82, 2.24) is 5.32 Å². The third-order valence-electron chi connectivity index (χ3n) is 4.99. The van der Waals surface area contributed by atoms with Gasteiger partial charge in [0.15, 0.2) is 0 Å². The zero-order valence-corrected chi connectivity index (χ0v) is 13.4. The second-order valence-corrected chi connectivity index (χ2v) is 6.48. The fraction of sp³-hybridized carbons (Fsp3) is 0.556. The summed E-state index contributed by atoms with van der Waals surface area (Å²) in [5.41, 5.74) is 0.674. The van der Waals surface area contributed by atoms with Gasteiger partial charge in [0.25, 0.3) is 0 Å². The van der Waals surface area contributed by atoms with Gasteiger partial charge in [-0.05, 0) is 30.7 Å². The Morgan fingerprint density at radius 1 is 1.30 bits per heavy atom. The van der Waals surface area contributed by atoms with Crippen LogP contribution in [-0.4, -0.2) is 38.7 Å². The number of hydrogen-bond acceptors (Lipinski definition) is 4. The van der Waals surface area contributed by atoms with Crippen molar-refractivity contribution in [3.05, 3.63) is 35.9 Å². The van der Waals surface area contributed by atoms with Gasteiger partial charge in [-0.25, -0.2) is 0 Å². The molecule has 0 radical (unpaired) electrons. The Bertz CT molecular complexity index is 568. The van der Waals surface area contributed by atoms with Crippen LogP contribution in [0.2, 0.25) is 0 Å². The number of amides is 1. The number of benzene rings is 1. The van der Waals surface area contributed by atoms with E-state index in [2.05, 4.69) is 17.4 Å². The maximum atomic E-state index is 12.6. The molecular weight excluding hydrogens is 294 g/mol. The normalized spacial score (nSPS) is 25.4. The van der Waals surface area contributed by atoms with E-state index in [0.717, 1.165) is 19.3 Å². The fourth-order valence-corrected chi connectivity index (χ4v) is 3.30. The molecule has 1 amide bonds. The van der Waals surface area contributed by atoms with Gasteiger partial charge in [0.2, 0.25) is 5.91 Å². The molecule has 1 saturated heterocycles. The second-order valence-electron chi connectivity index (χ2n) is 6.48. The molecule has 5 nitrogen and oxygen atoms in total. The van der Waals surface area contributed by atoms with Crippen LogP contribution in [0.25, 0.3) is 0 Å². The smallest absolute Gasteiger partial charge is 0.313 e. The van der Waals surface area contributed by atoms with Crippen molar-refractivity contribution in [3.8, 4) is 0 Å². The maximum Gasteiger partial charge on any atom is 0.313 e. The zero-order valence-electron chi connectivity index (χ0n) is 13.4. The molecule has 2 fully saturated rings. The van der Waals surface area contributed by atoms with Crippen molar-refractivity contribution in [3.63, 3.8) is 0 Å². The highest BCUT2D eigenvalue weighted by molar-refractivity contribution is 5.83. The molecule has 2 atom stereocenters. The first kappa shape index (κ1) is 16.0. The molecule has 1 aliphatic heterocycles. The van der Waals surface area contributed by atoms with Gasteiger partial charge in [-0.3, -0.25) is 9.59 Å². The van der Waals surface area contributed by atoms with E-state index >= 15 is 0 Å². The Morgan fingerprint density at radius 2 is 2.04 bits per heavy atom. The standard InChI is InChI=1S/C18H23NO4/c1-22-17(21)18(8-9-18)12-19-16(20)15-11-23-10-7-14(15)13-5-3-2-4-6-13/h2-6,14-15H,7-12H2,1H3,(H,19,20)/t14-,15-/m1/s1. The van der Waals surface area contributed by atoms with Crippen LogP contribution in [0.1, 0.15) is 30.7 Å². The van der Waals surface area contributed by atoms with Gasteiger partial charge in [-0.1, -0.05) is 30.3 Å². The van der Waals surface area contributed by atoms with Crippen LogP contribution < -0.4 is 5.32 Å². The number of rotatable bonds is 5. The van der Waals surface area contributed by atoms with Crippen LogP contribution >= 0.6 is 0 Å². The Morgan fingerprint density at radius 3 is 2.70 bits per heavy atom. The maximum absolute atomic E-state index is 12.6. The molecule has 0 aromatic heterocycles. The van der Waals surface area contributed by atoms with Crippen LogP contribution in [-0.2, 0) is 19.1 Å². The minimum absolute atomic E-state index is 0.0336. The third kappa shape index (κ3) is 3.39. The number of carbonyl (C=O) groups is 2. The number of esters is 1. The number of ether oxygens (including phenoxy) is 2. The van der Waals surface area contributed by atoms with Crippen molar-refractivity contribution in [2.75, 3.05) is 26.9 Å². The molecule has 0 spiro atoms. The summed E-state index contributed by atoms with van der Waals surface area (Å²) in [6.45, 7) is 1.46. The van der Waals surface area contributed by atoms with Gasteiger partial charge >= 0.3 is 5.97 Å². The second kappa shape index (κ2) is 6.71. The lowest BCUT2D eigenvalue weighted by atomic mass is 9.82. The van der Waals surface area contributed by atoms with Gasteiger partial charge in [0.1, 0.15) is 0 Å². The van der Waals surface area contributed by atoms with E-state index in [1.165, 1.54) is 12.7 Å². The molecule has 1 heterocycles. The van der Waals surface area contributed by atoms with E-state index in [1.54, 1.807) is 0 Å². The molecule has 1 aromatic rings. The topological polar surface area (TPSA) is 64.6 Å². The summed E-state index contributed by atoms with van der Waals surface area (Å²) >= 11 is 0. The minimum atomic E-state index is -0.498. The molecule has 0 unspecified atom stereocenters. The first-order valence-corrected chi connectivity index (χ1v) is 8.15.